The maximum Gasteiger partial charge on any atom is 0.243 e. The number of nitrogens with one attached hydrogen (secondary N) is 1. The van der Waals surface area contributed by atoms with Gasteiger partial charge in [0, 0.05) is 13.2 Å². The van der Waals surface area contributed by atoms with Gasteiger partial charge in [0.15, 0.2) is 5.78 Å². The van der Waals surface area contributed by atoms with Crippen LogP contribution in [0.5, 0.6) is 0 Å². The fourth-order valence-corrected chi connectivity index (χ4v) is 0.967. The van der Waals surface area contributed by atoms with Crippen LogP contribution in [0.15, 0.2) is 12.2 Å². The van der Waals surface area contributed by atoms with Gasteiger partial charge in [0.25, 0.3) is 0 Å². The summed E-state index contributed by atoms with van der Waals surface area (Å²) in [5.41, 5.74) is 0. The van der Waals surface area contributed by atoms with Gasteiger partial charge in [-0.05, 0) is 32.8 Å². The predicted octanol–water partition coefficient (Wildman–Crippen LogP) is 1.06. The summed E-state index contributed by atoms with van der Waals surface area (Å²) in [6.07, 6.45) is 4.90. The zero-order valence-electron chi connectivity index (χ0n) is 9.41. The highest BCUT2D eigenvalue weighted by molar-refractivity contribution is 5.87. The summed E-state index contributed by atoms with van der Waals surface area (Å²) in [5.74, 6) is -0.0291. The molecule has 0 bridgehead atoms. The molecule has 0 aliphatic heterocycles. The minimum absolute atomic E-state index is 0.0383. The van der Waals surface area contributed by atoms with Crippen molar-refractivity contribution in [3.8, 4) is 0 Å². The summed E-state index contributed by atoms with van der Waals surface area (Å²) in [5, 5.41) is 2.74. The summed E-state index contributed by atoms with van der Waals surface area (Å²) in [6.45, 7) is 4.70. The van der Waals surface area contributed by atoms with E-state index in [0.717, 1.165) is 12.8 Å². The Morgan fingerprint density at radius 3 is 2.67 bits per heavy atom. The van der Waals surface area contributed by atoms with Gasteiger partial charge in [-0.3, -0.25) is 9.59 Å². The summed E-state index contributed by atoms with van der Waals surface area (Å²) in [6, 6.07) is 0. The molecule has 0 spiro atoms. The van der Waals surface area contributed by atoms with Gasteiger partial charge in [-0.15, -0.1) is 0 Å². The lowest BCUT2D eigenvalue weighted by Crippen LogP contribution is -2.22. The number of hydrogen-bond donors (Lipinski definition) is 1. The number of ether oxygens (including phenoxy) is 1. The van der Waals surface area contributed by atoms with Gasteiger partial charge in [0.2, 0.25) is 5.91 Å². The van der Waals surface area contributed by atoms with E-state index in [9.17, 15) is 9.59 Å². The number of unbranched alkanes of at least 4 members (excludes halogenated alkanes) is 1. The number of amides is 1. The molecular formula is C11H19NO3. The topological polar surface area (TPSA) is 55.4 Å². The van der Waals surface area contributed by atoms with E-state index < -0.39 is 0 Å². The van der Waals surface area contributed by atoms with Crippen LogP contribution in [-0.4, -0.2) is 31.4 Å². The maximum absolute atomic E-state index is 10.9. The van der Waals surface area contributed by atoms with Crippen molar-refractivity contribution in [1.82, 2.24) is 5.32 Å². The van der Waals surface area contributed by atoms with Crippen LogP contribution < -0.4 is 5.32 Å². The van der Waals surface area contributed by atoms with Crippen molar-refractivity contribution in [3.63, 3.8) is 0 Å². The van der Waals surface area contributed by atoms with Crippen LogP contribution in [0.4, 0.5) is 0 Å². The third-order valence-corrected chi connectivity index (χ3v) is 1.64. The molecule has 0 aromatic carbocycles. The molecule has 0 aliphatic carbocycles. The molecule has 0 heterocycles. The molecule has 1 amide bonds. The van der Waals surface area contributed by atoms with Crippen molar-refractivity contribution in [1.29, 1.82) is 0 Å². The number of allylic oxidation sites excluding steroid dienone is 1. The monoisotopic (exact) mass is 213 g/mol. The molecule has 0 atom stereocenters. The van der Waals surface area contributed by atoms with Crippen molar-refractivity contribution in [3.05, 3.63) is 12.2 Å². The van der Waals surface area contributed by atoms with Gasteiger partial charge < -0.3 is 10.1 Å². The van der Waals surface area contributed by atoms with E-state index in [1.165, 1.54) is 13.0 Å². The van der Waals surface area contributed by atoms with Crippen LogP contribution in [0.3, 0.4) is 0 Å². The average molecular weight is 213 g/mol. The molecule has 0 fully saturated rings. The minimum Gasteiger partial charge on any atom is -0.374 e. The van der Waals surface area contributed by atoms with Crippen LogP contribution in [0.1, 0.15) is 26.7 Å². The molecule has 0 rings (SSSR count). The van der Waals surface area contributed by atoms with Crippen LogP contribution in [0.2, 0.25) is 0 Å². The van der Waals surface area contributed by atoms with Crippen molar-refractivity contribution in [2.75, 3.05) is 19.8 Å². The maximum atomic E-state index is 10.9. The van der Waals surface area contributed by atoms with Gasteiger partial charge in [-0.1, -0.05) is 6.08 Å². The Kier molecular flexibility index (Phi) is 8.67. The molecular weight excluding hydrogens is 194 g/mol. The largest absolute Gasteiger partial charge is 0.374 e. The molecule has 4 heteroatoms. The molecule has 0 unspecified atom stereocenters. The Morgan fingerprint density at radius 2 is 2.07 bits per heavy atom. The third kappa shape index (κ3) is 10.8. The Balaban J connectivity index is 3.18. The zero-order chi connectivity index (χ0) is 11.5. The van der Waals surface area contributed by atoms with Crippen molar-refractivity contribution in [2.24, 2.45) is 0 Å². The van der Waals surface area contributed by atoms with Gasteiger partial charge in [0.1, 0.15) is 6.61 Å². The van der Waals surface area contributed by atoms with E-state index in [-0.39, 0.29) is 18.3 Å². The molecule has 0 saturated carbocycles. The van der Waals surface area contributed by atoms with Crippen LogP contribution >= 0.6 is 0 Å². The molecule has 0 saturated heterocycles. The number of carbonyl (C=O) groups excluding carboxylic acids is 2. The van der Waals surface area contributed by atoms with Crippen LogP contribution in [-0.2, 0) is 14.3 Å². The second kappa shape index (κ2) is 9.40. The normalized spacial score (nSPS) is 10.5. The lowest BCUT2D eigenvalue weighted by atomic mass is 10.3. The third-order valence-electron chi connectivity index (χ3n) is 1.64. The SMILES string of the molecule is C/C=C/C(=O)NCCCCOCC(C)=O. The molecule has 4 nitrogen and oxygen atoms in total. The number of ketones is 1. The lowest BCUT2D eigenvalue weighted by Gasteiger charge is -2.02. The first-order valence-corrected chi connectivity index (χ1v) is 5.14. The highest BCUT2D eigenvalue weighted by atomic mass is 16.5. The Morgan fingerprint density at radius 1 is 1.33 bits per heavy atom. The second-order valence-electron chi connectivity index (χ2n) is 3.25. The highest BCUT2D eigenvalue weighted by Gasteiger charge is 1.95. The van der Waals surface area contributed by atoms with E-state index in [1.807, 2.05) is 0 Å². The second-order valence-corrected chi connectivity index (χ2v) is 3.25. The summed E-state index contributed by atoms with van der Waals surface area (Å²) < 4.78 is 5.07. The number of rotatable bonds is 8. The molecule has 0 aromatic heterocycles. The van der Waals surface area contributed by atoms with Gasteiger partial charge >= 0.3 is 0 Å². The lowest BCUT2D eigenvalue weighted by molar-refractivity contribution is -0.121. The Labute approximate surface area is 90.7 Å². The van der Waals surface area contributed by atoms with E-state index in [1.54, 1.807) is 13.0 Å². The van der Waals surface area contributed by atoms with E-state index in [0.29, 0.717) is 13.2 Å². The molecule has 86 valence electrons. The van der Waals surface area contributed by atoms with Crippen molar-refractivity contribution in [2.45, 2.75) is 26.7 Å². The number of Topliss-reactive ketones (excluding diaryl/α,β-unsaturated/α-hetero) is 1. The molecule has 0 aliphatic rings. The number of hydrogen-bond acceptors (Lipinski definition) is 3. The quantitative estimate of drug-likeness (QED) is 0.484. The predicted molar refractivity (Wildman–Crippen MR) is 58.6 cm³/mol. The first-order valence-electron chi connectivity index (χ1n) is 5.14. The highest BCUT2D eigenvalue weighted by Crippen LogP contribution is 1.89. The summed E-state index contributed by atoms with van der Waals surface area (Å²) in [7, 11) is 0. The van der Waals surface area contributed by atoms with Crippen LogP contribution in [0, 0.1) is 0 Å². The molecule has 15 heavy (non-hydrogen) atoms. The Hall–Kier alpha value is -1.16. The minimum atomic E-state index is -0.0674. The number of carbonyl (C=O) groups is 2. The fraction of sp³-hybridized carbons (Fsp3) is 0.636. The van der Waals surface area contributed by atoms with Gasteiger partial charge in [-0.2, -0.15) is 0 Å². The molecule has 1 N–H and O–H groups in total. The van der Waals surface area contributed by atoms with Crippen LogP contribution in [0.25, 0.3) is 0 Å². The van der Waals surface area contributed by atoms with Crippen molar-refractivity contribution >= 4 is 11.7 Å². The smallest absolute Gasteiger partial charge is 0.243 e. The fourth-order valence-electron chi connectivity index (χ4n) is 0.967. The van der Waals surface area contributed by atoms with Gasteiger partial charge in [0.05, 0.1) is 0 Å². The Bertz CT molecular complexity index is 224. The zero-order valence-corrected chi connectivity index (χ0v) is 9.41. The standard InChI is InChI=1S/C11H19NO3/c1-3-6-11(14)12-7-4-5-8-15-9-10(2)13/h3,6H,4-5,7-9H2,1-2H3,(H,12,14)/b6-3+. The molecule has 0 radical (unpaired) electrons. The van der Waals surface area contributed by atoms with E-state index in [4.69, 9.17) is 4.74 Å². The first-order chi connectivity index (χ1) is 7.16. The van der Waals surface area contributed by atoms with Gasteiger partial charge in [-0.25, -0.2) is 0 Å². The van der Waals surface area contributed by atoms with E-state index in [2.05, 4.69) is 5.32 Å². The summed E-state index contributed by atoms with van der Waals surface area (Å²) >= 11 is 0. The molecule has 0 aromatic rings. The van der Waals surface area contributed by atoms with E-state index >= 15 is 0 Å². The summed E-state index contributed by atoms with van der Waals surface area (Å²) in [4.78, 5) is 21.5. The average Bonchev–Trinajstić information content (AvgIpc) is 2.16. The first kappa shape index (κ1) is 13.8. The van der Waals surface area contributed by atoms with Crippen molar-refractivity contribution < 1.29 is 14.3 Å².